The number of nitrogens with zero attached hydrogens (tertiary/aromatic N) is 2. The van der Waals surface area contributed by atoms with Crippen LogP contribution in [0.25, 0.3) is 0 Å². The van der Waals surface area contributed by atoms with Gasteiger partial charge in [-0.3, -0.25) is 9.59 Å². The summed E-state index contributed by atoms with van der Waals surface area (Å²) in [5.74, 6) is 0.843. The normalized spacial score (nSPS) is 24.5. The van der Waals surface area contributed by atoms with Crippen LogP contribution in [0.1, 0.15) is 42.5 Å². The van der Waals surface area contributed by atoms with Crippen LogP contribution in [-0.4, -0.2) is 60.5 Å². The van der Waals surface area contributed by atoms with E-state index in [1.165, 1.54) is 12.5 Å². The second kappa shape index (κ2) is 7.20. The highest BCUT2D eigenvalue weighted by Gasteiger charge is 2.38. The van der Waals surface area contributed by atoms with Gasteiger partial charge in [-0.15, -0.1) is 0 Å². The molecular formula is C19H26N2O4. The van der Waals surface area contributed by atoms with Gasteiger partial charge < -0.3 is 19.0 Å². The lowest BCUT2D eigenvalue weighted by atomic mass is 9.94. The second-order valence-electron chi connectivity index (χ2n) is 7.53. The van der Waals surface area contributed by atoms with Gasteiger partial charge in [0.1, 0.15) is 6.26 Å². The molecule has 136 valence electrons. The zero-order valence-corrected chi connectivity index (χ0v) is 14.6. The molecule has 2 aliphatic heterocycles. The van der Waals surface area contributed by atoms with E-state index in [-0.39, 0.29) is 11.8 Å². The van der Waals surface area contributed by atoms with Gasteiger partial charge >= 0.3 is 0 Å². The van der Waals surface area contributed by atoms with E-state index in [4.69, 9.17) is 9.15 Å². The first-order chi connectivity index (χ1) is 12.2. The van der Waals surface area contributed by atoms with Gasteiger partial charge in [0.05, 0.1) is 18.4 Å². The van der Waals surface area contributed by atoms with E-state index < -0.39 is 0 Å². The molecule has 6 heteroatoms. The molecule has 3 fully saturated rings. The van der Waals surface area contributed by atoms with Crippen molar-refractivity contribution in [2.45, 2.75) is 38.1 Å². The van der Waals surface area contributed by atoms with E-state index in [1.807, 2.05) is 4.90 Å². The summed E-state index contributed by atoms with van der Waals surface area (Å²) in [6, 6.07) is 2.14. The minimum Gasteiger partial charge on any atom is -0.472 e. The molecular weight excluding hydrogens is 320 g/mol. The smallest absolute Gasteiger partial charge is 0.257 e. The van der Waals surface area contributed by atoms with E-state index >= 15 is 0 Å². The molecule has 0 bridgehead atoms. The summed E-state index contributed by atoms with van der Waals surface area (Å²) >= 11 is 0. The Hall–Kier alpha value is -1.82. The predicted octanol–water partition coefficient (Wildman–Crippen LogP) is 2.16. The zero-order valence-electron chi connectivity index (χ0n) is 14.6. The fourth-order valence-corrected chi connectivity index (χ4v) is 3.94. The van der Waals surface area contributed by atoms with Crippen LogP contribution in [0, 0.1) is 11.8 Å². The van der Waals surface area contributed by atoms with Gasteiger partial charge in [0, 0.05) is 44.1 Å². The minimum atomic E-state index is 0.00167. The van der Waals surface area contributed by atoms with E-state index in [0.29, 0.717) is 36.5 Å². The topological polar surface area (TPSA) is 63.0 Å². The Morgan fingerprint density at radius 1 is 1.16 bits per heavy atom. The number of furan rings is 1. The highest BCUT2D eigenvalue weighted by molar-refractivity contribution is 5.94. The van der Waals surface area contributed by atoms with Crippen LogP contribution >= 0.6 is 0 Å². The number of hydrogen-bond acceptors (Lipinski definition) is 4. The molecule has 0 aromatic carbocycles. The van der Waals surface area contributed by atoms with Gasteiger partial charge in [0.2, 0.25) is 5.91 Å². The van der Waals surface area contributed by atoms with Gasteiger partial charge in [-0.05, 0) is 38.2 Å². The lowest BCUT2D eigenvalue weighted by molar-refractivity contribution is -0.138. The molecule has 0 radical (unpaired) electrons. The summed E-state index contributed by atoms with van der Waals surface area (Å²) in [6.07, 6.45) is 7.85. The number of likely N-dealkylation sites (tertiary alicyclic amines) is 1. The summed E-state index contributed by atoms with van der Waals surface area (Å²) in [5.41, 5.74) is 0.589. The second-order valence-corrected chi connectivity index (χ2v) is 7.53. The average molecular weight is 346 g/mol. The Kier molecular flexibility index (Phi) is 4.79. The van der Waals surface area contributed by atoms with Crippen LogP contribution in [-0.2, 0) is 9.53 Å². The minimum absolute atomic E-state index is 0.00167. The van der Waals surface area contributed by atoms with Crippen LogP contribution in [0.5, 0.6) is 0 Å². The van der Waals surface area contributed by atoms with Crippen molar-refractivity contribution in [3.63, 3.8) is 0 Å². The summed E-state index contributed by atoms with van der Waals surface area (Å²) in [7, 11) is 0. The van der Waals surface area contributed by atoms with Crippen molar-refractivity contribution >= 4 is 11.8 Å². The predicted molar refractivity (Wildman–Crippen MR) is 91.0 cm³/mol. The summed E-state index contributed by atoms with van der Waals surface area (Å²) in [4.78, 5) is 29.4. The third-order valence-corrected chi connectivity index (χ3v) is 5.65. The first-order valence-electron chi connectivity index (χ1n) is 9.42. The summed E-state index contributed by atoms with van der Waals surface area (Å²) < 4.78 is 10.5. The van der Waals surface area contributed by atoms with E-state index in [0.717, 1.165) is 51.9 Å². The number of amides is 2. The largest absolute Gasteiger partial charge is 0.472 e. The van der Waals surface area contributed by atoms with Crippen molar-refractivity contribution in [3.8, 4) is 0 Å². The number of carbonyl (C=O) groups excluding carboxylic acids is 2. The van der Waals surface area contributed by atoms with Crippen LogP contribution in [0.3, 0.4) is 0 Å². The Bertz CT molecular complexity index is 597. The van der Waals surface area contributed by atoms with Crippen molar-refractivity contribution < 1.29 is 18.7 Å². The van der Waals surface area contributed by atoms with Gasteiger partial charge in [0.25, 0.3) is 5.91 Å². The van der Waals surface area contributed by atoms with E-state index in [1.54, 1.807) is 6.07 Å². The van der Waals surface area contributed by atoms with Crippen LogP contribution < -0.4 is 0 Å². The van der Waals surface area contributed by atoms with Gasteiger partial charge in [0.15, 0.2) is 0 Å². The summed E-state index contributed by atoms with van der Waals surface area (Å²) in [6.45, 7) is 3.74. The van der Waals surface area contributed by atoms with Crippen LogP contribution in [0.2, 0.25) is 0 Å². The number of rotatable bonds is 5. The van der Waals surface area contributed by atoms with E-state index in [2.05, 4.69) is 4.90 Å². The van der Waals surface area contributed by atoms with Gasteiger partial charge in [-0.1, -0.05) is 0 Å². The lowest BCUT2D eigenvalue weighted by Gasteiger charge is -2.35. The molecule has 6 nitrogen and oxygen atoms in total. The number of piperidine rings is 1. The fourth-order valence-electron chi connectivity index (χ4n) is 3.94. The maximum Gasteiger partial charge on any atom is 0.257 e. The third kappa shape index (κ3) is 3.73. The van der Waals surface area contributed by atoms with E-state index in [9.17, 15) is 9.59 Å². The van der Waals surface area contributed by atoms with Crippen LogP contribution in [0.15, 0.2) is 23.0 Å². The monoisotopic (exact) mass is 346 g/mol. The Morgan fingerprint density at radius 2 is 1.96 bits per heavy atom. The van der Waals surface area contributed by atoms with Crippen molar-refractivity contribution in [1.29, 1.82) is 0 Å². The number of carbonyl (C=O) groups is 2. The Balaban J connectivity index is 1.32. The fraction of sp³-hybridized carbons (Fsp3) is 0.684. The highest BCUT2D eigenvalue weighted by Crippen LogP contribution is 2.32. The van der Waals surface area contributed by atoms with Crippen molar-refractivity contribution in [1.82, 2.24) is 9.80 Å². The Morgan fingerprint density at radius 3 is 2.56 bits per heavy atom. The first kappa shape index (κ1) is 16.6. The van der Waals surface area contributed by atoms with Crippen LogP contribution in [0.4, 0.5) is 0 Å². The standard InChI is InChI=1S/C19H26N2O4/c22-18(16-6-10-25-13-16)20-7-3-15(4-8-20)19(23)21(17-1-2-17)11-14-5-9-24-12-14/h6,10,13-15,17H,1-5,7-9,11-12H2. The maximum atomic E-state index is 13.0. The zero-order chi connectivity index (χ0) is 17.2. The lowest BCUT2D eigenvalue weighted by Crippen LogP contribution is -2.46. The number of hydrogen-bond donors (Lipinski definition) is 0. The molecule has 3 aliphatic rings. The SMILES string of the molecule is O=C(c1ccoc1)N1CCC(C(=O)N(CC2CCOC2)C2CC2)CC1. The molecule has 1 aromatic heterocycles. The molecule has 25 heavy (non-hydrogen) atoms. The summed E-state index contributed by atoms with van der Waals surface area (Å²) in [5, 5.41) is 0. The first-order valence-corrected chi connectivity index (χ1v) is 9.42. The average Bonchev–Trinajstić information content (AvgIpc) is 3.13. The quantitative estimate of drug-likeness (QED) is 0.820. The van der Waals surface area contributed by atoms with Crippen molar-refractivity contribution in [3.05, 3.63) is 24.2 Å². The van der Waals surface area contributed by atoms with Crippen molar-refractivity contribution in [2.75, 3.05) is 32.8 Å². The molecule has 1 unspecified atom stereocenters. The molecule has 3 heterocycles. The number of ether oxygens (including phenoxy) is 1. The maximum absolute atomic E-state index is 13.0. The Labute approximate surface area is 148 Å². The molecule has 1 aliphatic carbocycles. The molecule has 1 saturated carbocycles. The molecule has 1 aromatic rings. The molecule has 0 spiro atoms. The van der Waals surface area contributed by atoms with Crippen molar-refractivity contribution in [2.24, 2.45) is 11.8 Å². The van der Waals surface area contributed by atoms with Gasteiger partial charge in [-0.25, -0.2) is 0 Å². The molecule has 4 rings (SSSR count). The molecule has 2 amide bonds. The molecule has 1 atom stereocenters. The van der Waals surface area contributed by atoms with Gasteiger partial charge in [-0.2, -0.15) is 0 Å². The highest BCUT2D eigenvalue weighted by atomic mass is 16.5. The molecule has 2 saturated heterocycles. The third-order valence-electron chi connectivity index (χ3n) is 5.65. The molecule has 0 N–H and O–H groups in total.